The number of nitrogens with one attached hydrogen (secondary N) is 2. The molecular weight excluding hydrogens is 218 g/mol. The van der Waals surface area contributed by atoms with Crippen molar-refractivity contribution in [2.45, 2.75) is 19.8 Å². The molecule has 0 saturated carbocycles. The molecule has 0 unspecified atom stereocenters. The van der Waals surface area contributed by atoms with Gasteiger partial charge in [0.25, 0.3) is 0 Å². The van der Waals surface area contributed by atoms with E-state index in [9.17, 15) is 4.79 Å². The van der Waals surface area contributed by atoms with E-state index in [0.717, 1.165) is 29.0 Å². The van der Waals surface area contributed by atoms with Crippen LogP contribution < -0.4 is 5.32 Å². The summed E-state index contributed by atoms with van der Waals surface area (Å²) in [6.07, 6.45) is 0.984. The maximum Gasteiger partial charge on any atom is 0.305 e. The van der Waals surface area contributed by atoms with Crippen molar-refractivity contribution in [3.63, 3.8) is 0 Å². The van der Waals surface area contributed by atoms with Crippen LogP contribution in [-0.2, 0) is 11.2 Å². The van der Waals surface area contributed by atoms with Gasteiger partial charge in [-0.3, -0.25) is 4.79 Å². The van der Waals surface area contributed by atoms with Gasteiger partial charge in [0.15, 0.2) is 0 Å². The van der Waals surface area contributed by atoms with Crippen molar-refractivity contribution in [3.8, 4) is 0 Å². The van der Waals surface area contributed by atoms with Gasteiger partial charge < -0.3 is 15.4 Å². The number of aliphatic carboxylic acids is 1. The lowest BCUT2D eigenvalue weighted by Gasteiger charge is -2.03. The van der Waals surface area contributed by atoms with E-state index in [4.69, 9.17) is 5.11 Å². The first kappa shape index (κ1) is 11.4. The first-order chi connectivity index (χ1) is 8.19. The molecule has 17 heavy (non-hydrogen) atoms. The molecule has 0 fully saturated rings. The predicted octanol–water partition coefficient (Wildman–Crippen LogP) is 2.01. The maximum atomic E-state index is 10.4. The van der Waals surface area contributed by atoms with Crippen molar-refractivity contribution in [1.29, 1.82) is 0 Å². The number of aromatic nitrogens is 2. The molecule has 0 aliphatic heterocycles. The number of benzene rings is 1. The summed E-state index contributed by atoms with van der Waals surface area (Å²) in [5.74, 6) is 0.163. The fraction of sp³-hybridized carbons (Fsp3) is 0.333. The molecular formula is C12H15N3O2. The number of carboxylic acid groups (broad SMARTS) is 1. The Balaban J connectivity index is 2.11. The molecule has 0 aliphatic carbocycles. The summed E-state index contributed by atoms with van der Waals surface area (Å²) < 4.78 is 0. The number of H-pyrrole nitrogens is 1. The van der Waals surface area contributed by atoms with Crippen LogP contribution in [0.25, 0.3) is 11.0 Å². The van der Waals surface area contributed by atoms with Crippen LogP contribution in [0.15, 0.2) is 18.2 Å². The SMILES string of the molecule is CCc1nc2ccc(NCCC(=O)O)cc2[nH]1. The van der Waals surface area contributed by atoms with E-state index in [1.165, 1.54) is 0 Å². The second-order valence-electron chi connectivity index (χ2n) is 3.84. The van der Waals surface area contributed by atoms with Crippen LogP contribution in [0.3, 0.4) is 0 Å². The normalized spacial score (nSPS) is 10.6. The molecule has 5 nitrogen and oxygen atoms in total. The number of fused-ring (bicyclic) bond motifs is 1. The lowest BCUT2D eigenvalue weighted by atomic mass is 10.2. The van der Waals surface area contributed by atoms with E-state index in [1.807, 2.05) is 25.1 Å². The smallest absolute Gasteiger partial charge is 0.305 e. The van der Waals surface area contributed by atoms with Crippen molar-refractivity contribution >= 4 is 22.7 Å². The summed E-state index contributed by atoms with van der Waals surface area (Å²) in [6, 6.07) is 5.78. The van der Waals surface area contributed by atoms with Crippen LogP contribution >= 0.6 is 0 Å². The van der Waals surface area contributed by atoms with Crippen molar-refractivity contribution in [2.75, 3.05) is 11.9 Å². The zero-order valence-electron chi connectivity index (χ0n) is 9.66. The highest BCUT2D eigenvalue weighted by Crippen LogP contribution is 2.17. The van der Waals surface area contributed by atoms with Gasteiger partial charge in [-0.05, 0) is 18.2 Å². The molecule has 0 radical (unpaired) electrons. The molecule has 2 rings (SSSR count). The van der Waals surface area contributed by atoms with Gasteiger partial charge in [-0.1, -0.05) is 6.92 Å². The minimum atomic E-state index is -0.798. The Kier molecular flexibility index (Phi) is 3.27. The molecule has 1 aromatic heterocycles. The topological polar surface area (TPSA) is 78.0 Å². The fourth-order valence-corrected chi connectivity index (χ4v) is 1.65. The number of hydrogen-bond donors (Lipinski definition) is 3. The number of aryl methyl sites for hydroxylation is 1. The lowest BCUT2D eigenvalue weighted by molar-refractivity contribution is -0.136. The van der Waals surface area contributed by atoms with Gasteiger partial charge in [-0.25, -0.2) is 4.98 Å². The number of carboxylic acids is 1. The van der Waals surface area contributed by atoms with E-state index in [1.54, 1.807) is 0 Å². The second kappa shape index (κ2) is 4.86. The Morgan fingerprint density at radius 2 is 2.35 bits per heavy atom. The maximum absolute atomic E-state index is 10.4. The molecule has 2 aromatic rings. The number of aromatic amines is 1. The van der Waals surface area contributed by atoms with Gasteiger partial charge in [0.2, 0.25) is 0 Å². The Morgan fingerprint density at radius 1 is 1.53 bits per heavy atom. The standard InChI is InChI=1S/C12H15N3O2/c1-2-11-14-9-4-3-8(7-10(9)15-11)13-6-5-12(16)17/h3-4,7,13H,2,5-6H2,1H3,(H,14,15)(H,16,17). The Bertz CT molecular complexity index is 534. The molecule has 0 bridgehead atoms. The van der Waals surface area contributed by atoms with Crippen LogP contribution in [0.4, 0.5) is 5.69 Å². The molecule has 3 N–H and O–H groups in total. The van der Waals surface area contributed by atoms with E-state index in [2.05, 4.69) is 15.3 Å². The molecule has 1 heterocycles. The van der Waals surface area contributed by atoms with Crippen LogP contribution in [0.2, 0.25) is 0 Å². The van der Waals surface area contributed by atoms with Gasteiger partial charge >= 0.3 is 5.97 Å². The molecule has 0 aliphatic rings. The van der Waals surface area contributed by atoms with Gasteiger partial charge in [-0.15, -0.1) is 0 Å². The highest BCUT2D eigenvalue weighted by molar-refractivity contribution is 5.79. The number of carbonyl (C=O) groups is 1. The summed E-state index contributed by atoms with van der Waals surface area (Å²) in [6.45, 7) is 2.47. The van der Waals surface area contributed by atoms with Crippen LogP contribution in [0, 0.1) is 0 Å². The van der Waals surface area contributed by atoms with E-state index >= 15 is 0 Å². The molecule has 90 valence electrons. The molecule has 0 saturated heterocycles. The summed E-state index contributed by atoms with van der Waals surface area (Å²) in [5, 5.41) is 11.6. The number of hydrogen-bond acceptors (Lipinski definition) is 3. The van der Waals surface area contributed by atoms with Crippen LogP contribution in [0.5, 0.6) is 0 Å². The number of imidazole rings is 1. The van der Waals surface area contributed by atoms with E-state index < -0.39 is 5.97 Å². The monoisotopic (exact) mass is 233 g/mol. The van der Waals surface area contributed by atoms with Crippen molar-refractivity contribution in [2.24, 2.45) is 0 Å². The number of rotatable bonds is 5. The highest BCUT2D eigenvalue weighted by atomic mass is 16.4. The molecule has 0 atom stereocenters. The first-order valence-corrected chi connectivity index (χ1v) is 5.63. The zero-order chi connectivity index (χ0) is 12.3. The third-order valence-electron chi connectivity index (χ3n) is 2.53. The minimum absolute atomic E-state index is 0.112. The predicted molar refractivity (Wildman–Crippen MR) is 66.2 cm³/mol. The Morgan fingerprint density at radius 3 is 3.06 bits per heavy atom. The van der Waals surface area contributed by atoms with Crippen LogP contribution in [0.1, 0.15) is 19.2 Å². The van der Waals surface area contributed by atoms with Gasteiger partial charge in [0.05, 0.1) is 17.5 Å². The number of anilines is 1. The third-order valence-corrected chi connectivity index (χ3v) is 2.53. The zero-order valence-corrected chi connectivity index (χ0v) is 9.66. The molecule has 5 heteroatoms. The largest absolute Gasteiger partial charge is 0.481 e. The first-order valence-electron chi connectivity index (χ1n) is 5.63. The Hall–Kier alpha value is -2.04. The van der Waals surface area contributed by atoms with Gasteiger partial charge in [0.1, 0.15) is 5.82 Å². The summed E-state index contributed by atoms with van der Waals surface area (Å²) >= 11 is 0. The Labute approximate surface area is 98.9 Å². The quantitative estimate of drug-likeness (QED) is 0.738. The van der Waals surface area contributed by atoms with Gasteiger partial charge in [0, 0.05) is 18.7 Å². The summed E-state index contributed by atoms with van der Waals surface area (Å²) in [7, 11) is 0. The average Bonchev–Trinajstić information content (AvgIpc) is 2.70. The fourth-order valence-electron chi connectivity index (χ4n) is 1.65. The molecule has 1 aromatic carbocycles. The third kappa shape index (κ3) is 2.75. The van der Waals surface area contributed by atoms with Crippen molar-refractivity contribution in [3.05, 3.63) is 24.0 Å². The van der Waals surface area contributed by atoms with Crippen molar-refractivity contribution in [1.82, 2.24) is 9.97 Å². The van der Waals surface area contributed by atoms with E-state index in [-0.39, 0.29) is 6.42 Å². The van der Waals surface area contributed by atoms with Crippen LogP contribution in [-0.4, -0.2) is 27.6 Å². The number of nitrogens with zero attached hydrogens (tertiary/aromatic N) is 1. The average molecular weight is 233 g/mol. The molecule has 0 spiro atoms. The second-order valence-corrected chi connectivity index (χ2v) is 3.84. The lowest BCUT2D eigenvalue weighted by Crippen LogP contribution is -2.07. The molecule has 0 amide bonds. The minimum Gasteiger partial charge on any atom is -0.481 e. The van der Waals surface area contributed by atoms with Gasteiger partial charge in [-0.2, -0.15) is 0 Å². The van der Waals surface area contributed by atoms with E-state index in [0.29, 0.717) is 6.54 Å². The summed E-state index contributed by atoms with van der Waals surface area (Å²) in [4.78, 5) is 18.0. The highest BCUT2D eigenvalue weighted by Gasteiger charge is 2.02. The van der Waals surface area contributed by atoms with Crippen molar-refractivity contribution < 1.29 is 9.90 Å². The summed E-state index contributed by atoms with van der Waals surface area (Å²) in [5.41, 5.74) is 2.82.